The molecule has 4 rings (SSSR count). The molecule has 0 spiro atoms. The molecule has 5 nitrogen and oxygen atoms in total. The van der Waals surface area contributed by atoms with Crippen molar-refractivity contribution in [3.05, 3.63) is 59.2 Å². The van der Waals surface area contributed by atoms with Gasteiger partial charge in [-0.15, -0.1) is 0 Å². The number of rotatable bonds is 3. The van der Waals surface area contributed by atoms with E-state index < -0.39 is 10.0 Å². The molecule has 2 aromatic rings. The van der Waals surface area contributed by atoms with Gasteiger partial charge in [0.1, 0.15) is 0 Å². The monoisotopic (exact) mass is 384 g/mol. The summed E-state index contributed by atoms with van der Waals surface area (Å²) in [4.78, 5) is 14.3. The number of amides is 1. The Morgan fingerprint density at radius 3 is 2.59 bits per heavy atom. The van der Waals surface area contributed by atoms with Crippen LogP contribution in [0.3, 0.4) is 0 Å². The quantitative estimate of drug-likeness (QED) is 0.817. The number of carbonyl (C=O) groups excluding carboxylic acids is 1. The van der Waals surface area contributed by atoms with E-state index in [1.54, 1.807) is 27.4 Å². The highest BCUT2D eigenvalue weighted by Gasteiger charge is 2.33. The van der Waals surface area contributed by atoms with Gasteiger partial charge >= 0.3 is 0 Å². The standard InChI is InChI=1S/C21H24N2O3S/c1-3-21(24)23-15(2)12-18-13-19(8-9-20(18)23)27(25,26)22-11-10-16-6-4-5-7-17(16)14-22/h4-9,13,15H,3,10-12,14H2,1-2H3/t15-/m1/s1. The van der Waals surface area contributed by atoms with Gasteiger partial charge in [0, 0.05) is 31.2 Å². The molecule has 1 atom stereocenters. The molecule has 0 fully saturated rings. The van der Waals surface area contributed by atoms with Crippen LogP contribution < -0.4 is 4.90 Å². The summed E-state index contributed by atoms with van der Waals surface area (Å²) in [6.07, 6.45) is 1.86. The first kappa shape index (κ1) is 18.2. The fourth-order valence-corrected chi connectivity index (χ4v) is 5.61. The highest BCUT2D eigenvalue weighted by atomic mass is 32.2. The molecule has 2 aromatic carbocycles. The minimum absolute atomic E-state index is 0.0623. The molecule has 0 saturated heterocycles. The molecule has 0 aromatic heterocycles. The van der Waals surface area contributed by atoms with Gasteiger partial charge in [-0.25, -0.2) is 8.42 Å². The molecule has 0 aliphatic carbocycles. The zero-order valence-electron chi connectivity index (χ0n) is 15.7. The first-order valence-corrected chi connectivity index (χ1v) is 10.9. The first-order valence-electron chi connectivity index (χ1n) is 9.43. The Morgan fingerprint density at radius 2 is 1.85 bits per heavy atom. The Balaban J connectivity index is 1.65. The Kier molecular flexibility index (Phi) is 4.56. The molecule has 2 aliphatic rings. The van der Waals surface area contributed by atoms with Gasteiger partial charge in [-0.05, 0) is 54.7 Å². The zero-order valence-corrected chi connectivity index (χ0v) is 16.5. The Bertz CT molecular complexity index is 1000. The van der Waals surface area contributed by atoms with Gasteiger partial charge in [0.2, 0.25) is 15.9 Å². The predicted molar refractivity (Wildman–Crippen MR) is 105 cm³/mol. The number of carbonyl (C=O) groups is 1. The molecule has 27 heavy (non-hydrogen) atoms. The van der Waals surface area contributed by atoms with Gasteiger partial charge < -0.3 is 4.90 Å². The molecule has 0 saturated carbocycles. The lowest BCUT2D eigenvalue weighted by Crippen LogP contribution is -2.36. The second-order valence-electron chi connectivity index (χ2n) is 7.32. The van der Waals surface area contributed by atoms with Crippen LogP contribution in [-0.2, 0) is 34.2 Å². The smallest absolute Gasteiger partial charge is 0.243 e. The predicted octanol–water partition coefficient (Wildman–Crippen LogP) is 3.12. The van der Waals surface area contributed by atoms with Crippen molar-refractivity contribution in [1.29, 1.82) is 0 Å². The number of hydrogen-bond donors (Lipinski definition) is 0. The van der Waals surface area contributed by atoms with Crippen LogP contribution in [0.4, 0.5) is 5.69 Å². The topological polar surface area (TPSA) is 57.7 Å². The molecule has 0 unspecified atom stereocenters. The van der Waals surface area contributed by atoms with E-state index in [4.69, 9.17) is 0 Å². The fraction of sp³-hybridized carbons (Fsp3) is 0.381. The van der Waals surface area contributed by atoms with Crippen LogP contribution in [0.5, 0.6) is 0 Å². The Hall–Kier alpha value is -2.18. The summed E-state index contributed by atoms with van der Waals surface area (Å²) < 4.78 is 28.0. The van der Waals surface area contributed by atoms with E-state index in [2.05, 4.69) is 6.07 Å². The zero-order chi connectivity index (χ0) is 19.2. The third kappa shape index (κ3) is 3.07. The summed E-state index contributed by atoms with van der Waals surface area (Å²) >= 11 is 0. The maximum Gasteiger partial charge on any atom is 0.243 e. The molecule has 0 bridgehead atoms. The fourth-order valence-electron chi connectivity index (χ4n) is 4.14. The lowest BCUT2D eigenvalue weighted by atomic mass is 10.0. The summed E-state index contributed by atoms with van der Waals surface area (Å²) in [6.45, 7) is 4.75. The molecule has 1 amide bonds. The molecular weight excluding hydrogens is 360 g/mol. The van der Waals surface area contributed by atoms with Crippen LogP contribution in [0.1, 0.15) is 37.0 Å². The number of anilines is 1. The van der Waals surface area contributed by atoms with E-state index in [-0.39, 0.29) is 11.9 Å². The first-order chi connectivity index (χ1) is 12.9. The largest absolute Gasteiger partial charge is 0.309 e. The minimum Gasteiger partial charge on any atom is -0.309 e. The summed E-state index contributed by atoms with van der Waals surface area (Å²) in [5, 5.41) is 0. The maximum absolute atomic E-state index is 13.2. The number of hydrogen-bond acceptors (Lipinski definition) is 3. The highest BCUT2D eigenvalue weighted by Crippen LogP contribution is 2.35. The average Bonchev–Trinajstić information content (AvgIpc) is 3.01. The molecule has 2 aliphatic heterocycles. The van der Waals surface area contributed by atoms with E-state index in [0.717, 1.165) is 23.2 Å². The lowest BCUT2D eigenvalue weighted by Gasteiger charge is -2.28. The van der Waals surface area contributed by atoms with Crippen molar-refractivity contribution < 1.29 is 13.2 Å². The number of sulfonamides is 1. The van der Waals surface area contributed by atoms with Crippen LogP contribution in [0.25, 0.3) is 0 Å². The molecule has 6 heteroatoms. The highest BCUT2D eigenvalue weighted by molar-refractivity contribution is 7.89. The Labute approximate surface area is 160 Å². The van der Waals surface area contributed by atoms with Crippen LogP contribution >= 0.6 is 0 Å². The van der Waals surface area contributed by atoms with Gasteiger partial charge in [0.15, 0.2) is 0 Å². The number of benzene rings is 2. The molecule has 2 heterocycles. The molecular formula is C21H24N2O3S. The Morgan fingerprint density at radius 1 is 1.11 bits per heavy atom. The van der Waals surface area contributed by atoms with Gasteiger partial charge in [-0.2, -0.15) is 4.31 Å². The van der Waals surface area contributed by atoms with Crippen LogP contribution in [0.15, 0.2) is 47.4 Å². The SMILES string of the molecule is CCC(=O)N1c2ccc(S(=O)(=O)N3CCc4ccccc4C3)cc2C[C@H]1C. The van der Waals surface area contributed by atoms with Crippen molar-refractivity contribution in [2.45, 2.75) is 50.6 Å². The average molecular weight is 385 g/mol. The van der Waals surface area contributed by atoms with Crippen LogP contribution in [0, 0.1) is 0 Å². The molecule has 142 valence electrons. The van der Waals surface area contributed by atoms with Crippen LogP contribution in [0.2, 0.25) is 0 Å². The normalized spacial score (nSPS) is 19.6. The third-order valence-electron chi connectivity index (χ3n) is 5.57. The maximum atomic E-state index is 13.2. The van der Waals surface area contributed by atoms with E-state index in [9.17, 15) is 13.2 Å². The van der Waals surface area contributed by atoms with Crippen molar-refractivity contribution in [2.75, 3.05) is 11.4 Å². The van der Waals surface area contributed by atoms with Crippen molar-refractivity contribution in [2.24, 2.45) is 0 Å². The minimum atomic E-state index is -3.56. The van der Waals surface area contributed by atoms with Gasteiger partial charge in [0.25, 0.3) is 0 Å². The van der Waals surface area contributed by atoms with E-state index in [0.29, 0.717) is 30.8 Å². The van der Waals surface area contributed by atoms with E-state index >= 15 is 0 Å². The number of fused-ring (bicyclic) bond motifs is 2. The van der Waals surface area contributed by atoms with E-state index in [1.165, 1.54) is 5.56 Å². The van der Waals surface area contributed by atoms with Gasteiger partial charge in [-0.1, -0.05) is 31.2 Å². The lowest BCUT2D eigenvalue weighted by molar-refractivity contribution is -0.118. The number of nitrogens with zero attached hydrogens (tertiary/aromatic N) is 2. The summed E-state index contributed by atoms with van der Waals surface area (Å²) in [6, 6.07) is 13.3. The van der Waals surface area contributed by atoms with Crippen molar-refractivity contribution in [1.82, 2.24) is 4.31 Å². The van der Waals surface area contributed by atoms with Crippen molar-refractivity contribution >= 4 is 21.6 Å². The van der Waals surface area contributed by atoms with Gasteiger partial charge in [-0.3, -0.25) is 4.79 Å². The molecule has 0 N–H and O–H groups in total. The summed E-state index contributed by atoms with van der Waals surface area (Å²) in [5.74, 6) is 0.0736. The van der Waals surface area contributed by atoms with Crippen LogP contribution in [-0.4, -0.2) is 31.2 Å². The van der Waals surface area contributed by atoms with E-state index in [1.807, 2.05) is 32.0 Å². The van der Waals surface area contributed by atoms with Crippen molar-refractivity contribution in [3.8, 4) is 0 Å². The van der Waals surface area contributed by atoms with Gasteiger partial charge in [0.05, 0.1) is 4.90 Å². The summed E-state index contributed by atoms with van der Waals surface area (Å²) in [7, 11) is -3.56. The molecule has 0 radical (unpaired) electrons. The third-order valence-corrected chi connectivity index (χ3v) is 7.41. The van der Waals surface area contributed by atoms with Crippen molar-refractivity contribution in [3.63, 3.8) is 0 Å². The second-order valence-corrected chi connectivity index (χ2v) is 9.26. The summed E-state index contributed by atoms with van der Waals surface area (Å²) in [5.41, 5.74) is 4.07. The second kappa shape index (κ2) is 6.77.